The van der Waals surface area contributed by atoms with E-state index in [9.17, 15) is 23.1 Å². The van der Waals surface area contributed by atoms with Gasteiger partial charge in [0.05, 0.1) is 17.1 Å². The first-order valence-electron chi connectivity index (χ1n) is 7.69. The van der Waals surface area contributed by atoms with Gasteiger partial charge in [0.15, 0.2) is 9.84 Å². The summed E-state index contributed by atoms with van der Waals surface area (Å²) in [5, 5.41) is 9.23. The minimum atomic E-state index is -3.32. The van der Waals surface area contributed by atoms with Crippen molar-refractivity contribution in [2.24, 2.45) is 0 Å². The molecule has 1 fully saturated rings. The number of piperidine rings is 1. The van der Waals surface area contributed by atoms with Crippen molar-refractivity contribution in [1.29, 1.82) is 0 Å². The van der Waals surface area contributed by atoms with E-state index in [4.69, 9.17) is 0 Å². The Bertz CT molecular complexity index is 698. The highest BCUT2D eigenvalue weighted by Gasteiger charge is 2.31. The number of carboxylic acid groups (broad SMARTS) is 1. The third-order valence-electron chi connectivity index (χ3n) is 4.10. The molecule has 0 saturated carbocycles. The van der Waals surface area contributed by atoms with Crippen LogP contribution in [0.1, 0.15) is 31.7 Å². The van der Waals surface area contributed by atoms with Crippen LogP contribution in [0.2, 0.25) is 0 Å². The zero-order valence-electron chi connectivity index (χ0n) is 13.1. The summed E-state index contributed by atoms with van der Waals surface area (Å²) in [7, 11) is -3.32. The second kappa shape index (κ2) is 7.12. The summed E-state index contributed by atoms with van der Waals surface area (Å²) in [5.41, 5.74) is 0.583. The number of carboxylic acids is 1. The molecule has 0 aromatic heterocycles. The molecule has 23 heavy (non-hydrogen) atoms. The van der Waals surface area contributed by atoms with Crippen molar-refractivity contribution in [2.75, 3.05) is 12.3 Å². The molecule has 126 valence electrons. The number of likely N-dealkylation sites (tertiary alicyclic amines) is 1. The highest BCUT2D eigenvalue weighted by Crippen LogP contribution is 2.20. The highest BCUT2D eigenvalue weighted by atomic mass is 32.2. The molecule has 0 radical (unpaired) electrons. The van der Waals surface area contributed by atoms with Gasteiger partial charge in [-0.15, -0.1) is 0 Å². The Morgan fingerprint density at radius 3 is 2.70 bits per heavy atom. The highest BCUT2D eigenvalue weighted by molar-refractivity contribution is 7.91. The number of rotatable bonds is 5. The standard InChI is InChI=1S/C16H21NO5S/c1-2-23(21,22)13-7-5-6-12(10-13)11-15(18)17-9-4-3-8-14(17)16(19)20/h5-7,10,14H,2-4,8-9,11H2,1H3,(H,19,20)/t14-/m1/s1. The van der Waals surface area contributed by atoms with Crippen molar-refractivity contribution in [2.45, 2.75) is 43.5 Å². The van der Waals surface area contributed by atoms with E-state index in [1.165, 1.54) is 17.0 Å². The van der Waals surface area contributed by atoms with Crippen LogP contribution in [-0.2, 0) is 25.8 Å². The molecular formula is C16H21NO5S. The first-order valence-corrected chi connectivity index (χ1v) is 9.34. The van der Waals surface area contributed by atoms with Crippen molar-refractivity contribution in [3.63, 3.8) is 0 Å². The predicted molar refractivity (Wildman–Crippen MR) is 84.9 cm³/mol. The normalized spacial score (nSPS) is 18.7. The Morgan fingerprint density at radius 1 is 1.30 bits per heavy atom. The Balaban J connectivity index is 2.17. The lowest BCUT2D eigenvalue weighted by molar-refractivity contribution is -0.151. The van der Waals surface area contributed by atoms with Crippen molar-refractivity contribution in [1.82, 2.24) is 4.90 Å². The van der Waals surface area contributed by atoms with Crippen molar-refractivity contribution in [3.8, 4) is 0 Å². The second-order valence-electron chi connectivity index (χ2n) is 5.66. The molecule has 1 atom stereocenters. The fourth-order valence-corrected chi connectivity index (χ4v) is 3.73. The first-order chi connectivity index (χ1) is 10.8. The topological polar surface area (TPSA) is 91.8 Å². The Hall–Kier alpha value is -1.89. The molecular weight excluding hydrogens is 318 g/mol. The van der Waals surface area contributed by atoms with Crippen LogP contribution in [0, 0.1) is 0 Å². The minimum Gasteiger partial charge on any atom is -0.480 e. The molecule has 1 aliphatic rings. The number of aliphatic carboxylic acids is 1. The van der Waals surface area contributed by atoms with Crippen molar-refractivity contribution < 1.29 is 23.1 Å². The van der Waals surface area contributed by atoms with Crippen LogP contribution in [0.3, 0.4) is 0 Å². The molecule has 1 aliphatic heterocycles. The second-order valence-corrected chi connectivity index (χ2v) is 7.94. The van der Waals surface area contributed by atoms with Crippen LogP contribution in [0.5, 0.6) is 0 Å². The third kappa shape index (κ3) is 4.10. The van der Waals surface area contributed by atoms with Gasteiger partial charge in [0.2, 0.25) is 5.91 Å². The summed E-state index contributed by atoms with van der Waals surface area (Å²) >= 11 is 0. The molecule has 0 bridgehead atoms. The maximum absolute atomic E-state index is 12.4. The zero-order chi connectivity index (χ0) is 17.0. The Morgan fingerprint density at radius 2 is 2.04 bits per heavy atom. The summed E-state index contributed by atoms with van der Waals surface area (Å²) in [6.45, 7) is 2.00. The monoisotopic (exact) mass is 339 g/mol. The van der Waals surface area contributed by atoms with E-state index < -0.39 is 21.8 Å². The lowest BCUT2D eigenvalue weighted by Gasteiger charge is -2.33. The molecule has 1 heterocycles. The van der Waals surface area contributed by atoms with E-state index in [-0.39, 0.29) is 23.0 Å². The molecule has 2 rings (SSSR count). The zero-order valence-corrected chi connectivity index (χ0v) is 13.9. The van der Waals surface area contributed by atoms with Crippen LogP contribution in [0.25, 0.3) is 0 Å². The summed E-state index contributed by atoms with van der Waals surface area (Å²) in [5.74, 6) is -1.26. The van der Waals surface area contributed by atoms with E-state index in [1.54, 1.807) is 19.1 Å². The maximum Gasteiger partial charge on any atom is 0.326 e. The van der Waals surface area contributed by atoms with Gasteiger partial charge in [0.1, 0.15) is 6.04 Å². The van der Waals surface area contributed by atoms with Crippen LogP contribution >= 0.6 is 0 Å². The molecule has 1 N–H and O–H groups in total. The summed E-state index contributed by atoms with van der Waals surface area (Å²) in [6, 6.07) is 5.52. The minimum absolute atomic E-state index is 0.00237. The average Bonchev–Trinajstić information content (AvgIpc) is 2.55. The fraction of sp³-hybridized carbons (Fsp3) is 0.500. The third-order valence-corrected chi connectivity index (χ3v) is 5.83. The first kappa shape index (κ1) is 17.5. The van der Waals surface area contributed by atoms with Crippen LogP contribution in [0.4, 0.5) is 0 Å². The number of carbonyl (C=O) groups excluding carboxylic acids is 1. The number of carbonyl (C=O) groups is 2. The molecule has 0 unspecified atom stereocenters. The number of amides is 1. The van der Waals surface area contributed by atoms with Gasteiger partial charge in [0.25, 0.3) is 0 Å². The van der Waals surface area contributed by atoms with Gasteiger partial charge >= 0.3 is 5.97 Å². The lowest BCUT2D eigenvalue weighted by Crippen LogP contribution is -2.48. The van der Waals surface area contributed by atoms with E-state index in [1.807, 2.05) is 0 Å². The largest absolute Gasteiger partial charge is 0.480 e. The average molecular weight is 339 g/mol. The number of benzene rings is 1. The van der Waals surface area contributed by atoms with Crippen molar-refractivity contribution >= 4 is 21.7 Å². The summed E-state index contributed by atoms with van der Waals surface area (Å²) < 4.78 is 23.8. The number of hydrogen-bond donors (Lipinski definition) is 1. The van der Waals surface area contributed by atoms with Gasteiger partial charge in [-0.3, -0.25) is 4.79 Å². The van der Waals surface area contributed by atoms with E-state index in [0.717, 1.165) is 12.8 Å². The molecule has 1 saturated heterocycles. The summed E-state index contributed by atoms with van der Waals surface area (Å²) in [4.78, 5) is 25.3. The van der Waals surface area contributed by atoms with Gasteiger partial charge in [-0.2, -0.15) is 0 Å². The van der Waals surface area contributed by atoms with Gasteiger partial charge in [-0.1, -0.05) is 19.1 Å². The summed E-state index contributed by atoms with van der Waals surface area (Å²) in [6.07, 6.45) is 2.06. The van der Waals surface area contributed by atoms with Gasteiger partial charge in [0, 0.05) is 6.54 Å². The van der Waals surface area contributed by atoms with Crippen LogP contribution < -0.4 is 0 Å². The van der Waals surface area contributed by atoms with E-state index >= 15 is 0 Å². The van der Waals surface area contributed by atoms with Crippen molar-refractivity contribution in [3.05, 3.63) is 29.8 Å². The van der Waals surface area contributed by atoms with Crippen LogP contribution in [-0.4, -0.2) is 48.6 Å². The smallest absolute Gasteiger partial charge is 0.326 e. The molecule has 1 amide bonds. The molecule has 1 aromatic carbocycles. The number of hydrogen-bond acceptors (Lipinski definition) is 4. The lowest BCUT2D eigenvalue weighted by atomic mass is 10.0. The van der Waals surface area contributed by atoms with E-state index in [2.05, 4.69) is 0 Å². The number of nitrogens with zero attached hydrogens (tertiary/aromatic N) is 1. The molecule has 1 aromatic rings. The fourth-order valence-electron chi connectivity index (χ4n) is 2.78. The van der Waals surface area contributed by atoms with Gasteiger partial charge in [-0.25, -0.2) is 13.2 Å². The quantitative estimate of drug-likeness (QED) is 0.877. The molecule has 0 spiro atoms. The molecule has 6 nitrogen and oxygen atoms in total. The molecule has 0 aliphatic carbocycles. The van der Waals surface area contributed by atoms with Crippen LogP contribution in [0.15, 0.2) is 29.2 Å². The number of sulfone groups is 1. The van der Waals surface area contributed by atoms with Gasteiger partial charge < -0.3 is 10.0 Å². The van der Waals surface area contributed by atoms with E-state index in [0.29, 0.717) is 18.5 Å². The predicted octanol–water partition coefficient (Wildman–Crippen LogP) is 1.49. The Labute approximate surface area is 136 Å². The SMILES string of the molecule is CCS(=O)(=O)c1cccc(CC(=O)N2CCCC[C@@H]2C(=O)O)c1. The van der Waals surface area contributed by atoms with Gasteiger partial charge in [-0.05, 0) is 37.0 Å². The maximum atomic E-state index is 12.4. The Kier molecular flexibility index (Phi) is 5.41. The molecule has 7 heteroatoms.